The van der Waals surface area contributed by atoms with Gasteiger partial charge in [-0.2, -0.15) is 0 Å². The molecular weight excluding hydrogens is 566 g/mol. The second-order valence-corrected chi connectivity index (χ2v) is 9.05. The van der Waals surface area contributed by atoms with Gasteiger partial charge in [0.1, 0.15) is 18.1 Å². The normalized spacial score (nSPS) is 14.8. The van der Waals surface area contributed by atoms with Crippen molar-refractivity contribution in [1.82, 2.24) is 4.90 Å². The van der Waals surface area contributed by atoms with E-state index in [1.807, 2.05) is 49.4 Å². The number of hydrogen-bond donors (Lipinski definition) is 0. The van der Waals surface area contributed by atoms with E-state index in [0.29, 0.717) is 28.9 Å². The van der Waals surface area contributed by atoms with E-state index in [1.54, 1.807) is 30.2 Å². The van der Waals surface area contributed by atoms with Gasteiger partial charge in [0.15, 0.2) is 16.6 Å². The van der Waals surface area contributed by atoms with Crippen molar-refractivity contribution in [3.05, 3.63) is 92.9 Å². The van der Waals surface area contributed by atoms with E-state index in [0.717, 1.165) is 20.4 Å². The molecule has 0 aliphatic carbocycles. The number of carbonyl (C=O) groups excluding carboxylic acids is 1. The lowest BCUT2D eigenvalue weighted by atomic mass is 10.1. The van der Waals surface area contributed by atoms with Crippen LogP contribution >= 0.6 is 34.8 Å². The summed E-state index contributed by atoms with van der Waals surface area (Å²) in [5.41, 5.74) is 2.82. The maximum Gasteiger partial charge on any atom is 0.281 e. The van der Waals surface area contributed by atoms with Gasteiger partial charge in [0, 0.05) is 7.05 Å². The first kappa shape index (κ1) is 24.2. The summed E-state index contributed by atoms with van der Waals surface area (Å²) in [6.45, 7) is 2.62. The van der Waals surface area contributed by atoms with Crippen LogP contribution in [-0.2, 0) is 11.4 Å². The molecule has 0 atom stereocenters. The molecule has 34 heavy (non-hydrogen) atoms. The van der Waals surface area contributed by atoms with E-state index in [-0.39, 0.29) is 18.3 Å². The second kappa shape index (κ2) is 10.5. The number of amides is 1. The zero-order valence-electron chi connectivity index (χ0n) is 18.6. The summed E-state index contributed by atoms with van der Waals surface area (Å²) in [6, 6.07) is 19.3. The Kier molecular flexibility index (Phi) is 7.47. The topological polar surface area (TPSA) is 42.0 Å². The number of likely N-dealkylation sites (N-methyl/N-ethyl adjacent to an activating group) is 1. The molecule has 0 unspecified atom stereocenters. The molecule has 3 aromatic carbocycles. The largest absolute Gasteiger partial charge is 0.490 e. The highest BCUT2D eigenvalue weighted by Crippen LogP contribution is 2.36. The Bertz CT molecular complexity index is 1250. The molecule has 1 aliphatic heterocycles. The number of thiocarbonyl (C=S) groups is 1. The zero-order chi connectivity index (χ0) is 24.2. The van der Waals surface area contributed by atoms with Gasteiger partial charge >= 0.3 is 0 Å². The predicted molar refractivity (Wildman–Crippen MR) is 143 cm³/mol. The van der Waals surface area contributed by atoms with Gasteiger partial charge in [-0.1, -0.05) is 30.3 Å². The Balaban J connectivity index is 1.63. The van der Waals surface area contributed by atoms with E-state index in [1.165, 1.54) is 17.0 Å². The smallest absolute Gasteiger partial charge is 0.281 e. The number of ether oxygens (including phenoxy) is 2. The van der Waals surface area contributed by atoms with E-state index < -0.39 is 0 Å². The Morgan fingerprint density at radius 1 is 1.06 bits per heavy atom. The number of anilines is 1. The van der Waals surface area contributed by atoms with E-state index >= 15 is 0 Å². The van der Waals surface area contributed by atoms with Crippen molar-refractivity contribution >= 4 is 57.6 Å². The molecule has 0 spiro atoms. The molecule has 1 heterocycles. The van der Waals surface area contributed by atoms with Crippen LogP contribution in [0.25, 0.3) is 6.08 Å². The number of halogens is 2. The molecule has 3 aromatic rings. The van der Waals surface area contributed by atoms with Crippen LogP contribution in [-0.4, -0.2) is 29.6 Å². The van der Waals surface area contributed by atoms with Crippen molar-refractivity contribution in [2.45, 2.75) is 13.5 Å². The summed E-state index contributed by atoms with van der Waals surface area (Å²) < 4.78 is 25.9. The van der Waals surface area contributed by atoms with Crippen LogP contribution in [0.4, 0.5) is 10.1 Å². The fourth-order valence-corrected chi connectivity index (χ4v) is 4.60. The number of nitrogens with zero attached hydrogens (tertiary/aromatic N) is 2. The minimum Gasteiger partial charge on any atom is -0.490 e. The molecule has 1 saturated heterocycles. The minimum absolute atomic E-state index is 0.191. The first-order valence-electron chi connectivity index (χ1n) is 10.6. The van der Waals surface area contributed by atoms with Crippen LogP contribution in [0.15, 0.2) is 72.4 Å². The maximum atomic E-state index is 13.2. The number of rotatable bonds is 7. The highest BCUT2D eigenvalue weighted by atomic mass is 127. The summed E-state index contributed by atoms with van der Waals surface area (Å²) in [7, 11) is 1.78. The summed E-state index contributed by atoms with van der Waals surface area (Å²) >= 11 is 7.72. The minimum atomic E-state index is -0.289. The lowest BCUT2D eigenvalue weighted by Gasteiger charge is -2.16. The van der Waals surface area contributed by atoms with E-state index in [4.69, 9.17) is 21.7 Å². The highest BCUT2D eigenvalue weighted by molar-refractivity contribution is 14.1. The van der Waals surface area contributed by atoms with Gasteiger partial charge in [-0.25, -0.2) is 4.39 Å². The molecule has 1 amide bonds. The zero-order valence-corrected chi connectivity index (χ0v) is 21.6. The van der Waals surface area contributed by atoms with Crippen LogP contribution < -0.4 is 14.4 Å². The number of para-hydroxylation sites is 1. The SMILES string of the molecule is CCOc1cc(/C=C2/C(=O)N(c3ccccc3)C(=S)N2C)cc(I)c1OCc1ccc(F)cc1. The van der Waals surface area contributed by atoms with Crippen LogP contribution in [0.3, 0.4) is 0 Å². The molecule has 0 aromatic heterocycles. The Hall–Kier alpha value is -2.98. The quantitative estimate of drug-likeness (QED) is 0.192. The third kappa shape index (κ3) is 5.07. The van der Waals surface area contributed by atoms with Crippen molar-refractivity contribution < 1.29 is 18.7 Å². The Labute approximate surface area is 216 Å². The van der Waals surface area contributed by atoms with Gasteiger partial charge in [0.2, 0.25) is 0 Å². The molecule has 4 rings (SSSR count). The van der Waals surface area contributed by atoms with Gasteiger partial charge in [0.25, 0.3) is 5.91 Å². The van der Waals surface area contributed by atoms with Crippen molar-refractivity contribution in [3.63, 3.8) is 0 Å². The average molecular weight is 588 g/mol. The number of benzene rings is 3. The van der Waals surface area contributed by atoms with E-state index in [9.17, 15) is 9.18 Å². The Morgan fingerprint density at radius 3 is 2.44 bits per heavy atom. The molecule has 0 radical (unpaired) electrons. The number of hydrogen-bond acceptors (Lipinski definition) is 4. The van der Waals surface area contributed by atoms with E-state index in [2.05, 4.69) is 22.6 Å². The maximum absolute atomic E-state index is 13.2. The van der Waals surface area contributed by atoms with Crippen LogP contribution in [0.2, 0.25) is 0 Å². The monoisotopic (exact) mass is 588 g/mol. The Morgan fingerprint density at radius 2 is 1.76 bits per heavy atom. The molecule has 0 bridgehead atoms. The second-order valence-electron chi connectivity index (χ2n) is 7.53. The summed E-state index contributed by atoms with van der Waals surface area (Å²) in [4.78, 5) is 16.4. The summed E-state index contributed by atoms with van der Waals surface area (Å²) in [5.74, 6) is 0.686. The van der Waals surface area contributed by atoms with Crippen molar-refractivity contribution in [2.75, 3.05) is 18.6 Å². The van der Waals surface area contributed by atoms with Crippen LogP contribution in [0.1, 0.15) is 18.1 Å². The summed E-state index contributed by atoms with van der Waals surface area (Å²) in [6.07, 6.45) is 1.80. The molecule has 0 saturated carbocycles. The highest BCUT2D eigenvalue weighted by Gasteiger charge is 2.36. The van der Waals surface area contributed by atoms with Crippen molar-refractivity contribution in [1.29, 1.82) is 0 Å². The van der Waals surface area contributed by atoms with Gasteiger partial charge in [-0.3, -0.25) is 9.69 Å². The third-order valence-electron chi connectivity index (χ3n) is 5.21. The van der Waals surface area contributed by atoms with Crippen LogP contribution in [0.5, 0.6) is 11.5 Å². The fourth-order valence-electron chi connectivity index (χ4n) is 3.53. The van der Waals surface area contributed by atoms with Crippen molar-refractivity contribution in [3.8, 4) is 11.5 Å². The van der Waals surface area contributed by atoms with Crippen molar-refractivity contribution in [2.24, 2.45) is 0 Å². The van der Waals surface area contributed by atoms with Gasteiger partial charge in [0.05, 0.1) is 15.9 Å². The molecule has 174 valence electrons. The molecule has 5 nitrogen and oxygen atoms in total. The van der Waals surface area contributed by atoms with Gasteiger partial charge in [-0.05, 0) is 95.3 Å². The first-order chi connectivity index (χ1) is 16.4. The van der Waals surface area contributed by atoms with Gasteiger partial charge < -0.3 is 14.4 Å². The predicted octanol–water partition coefficient (Wildman–Crippen LogP) is 6.01. The third-order valence-corrected chi connectivity index (χ3v) is 6.47. The summed E-state index contributed by atoms with van der Waals surface area (Å²) in [5, 5.41) is 0.418. The molecule has 1 aliphatic rings. The molecule has 8 heteroatoms. The van der Waals surface area contributed by atoms with Gasteiger partial charge in [-0.15, -0.1) is 0 Å². The standard InChI is InChI=1S/C26H22FIN2O3S/c1-3-32-23-15-18(13-21(28)24(23)33-16-17-9-11-19(27)12-10-17)14-22-25(31)30(26(34)29(22)2)20-7-5-4-6-8-20/h4-15H,3,16H2,1-2H3/b22-14-. The lowest BCUT2D eigenvalue weighted by molar-refractivity contribution is -0.114. The molecular formula is C26H22FIN2O3S. The van der Waals surface area contributed by atoms with Crippen LogP contribution in [0, 0.1) is 9.39 Å². The molecule has 0 N–H and O–H groups in total. The first-order valence-corrected chi connectivity index (χ1v) is 12.1. The fraction of sp³-hybridized carbons (Fsp3) is 0.154. The number of carbonyl (C=O) groups is 1. The lowest BCUT2D eigenvalue weighted by Crippen LogP contribution is -2.30. The average Bonchev–Trinajstić information content (AvgIpc) is 3.03. The molecule has 1 fully saturated rings.